The number of aliphatic carboxylic acids is 1. The number of hydrogen-bond donors (Lipinski definition) is 4. The zero-order valence-electron chi connectivity index (χ0n) is 14.5. The smallest absolute Gasteiger partial charge is 0.326 e. The highest BCUT2D eigenvalue weighted by molar-refractivity contribution is 5.92. The monoisotopic (exact) mass is 342 g/mol. The molecule has 8 heteroatoms. The standard InChI is InChI=1S/C16H30N4O4/c1-10(2)13(19-14(21)11(18)6-3-4-8-17)15(22)20-9-5-7-12(20)16(23)24/h10-13H,3-9,17-18H2,1-2H3,(H,19,21)(H,23,24)/t11-,12+,13+/m1/s1. The van der Waals surface area contributed by atoms with Crippen LogP contribution in [-0.2, 0) is 14.4 Å². The second-order valence-electron chi connectivity index (χ2n) is 6.65. The minimum Gasteiger partial charge on any atom is -0.480 e. The first-order valence-corrected chi connectivity index (χ1v) is 8.58. The number of nitrogens with zero attached hydrogens (tertiary/aromatic N) is 1. The molecule has 1 rings (SSSR count). The summed E-state index contributed by atoms with van der Waals surface area (Å²) in [6.07, 6.45) is 3.14. The third kappa shape index (κ3) is 5.45. The predicted octanol–water partition coefficient (Wildman–Crippen LogP) is -0.341. The van der Waals surface area contributed by atoms with Gasteiger partial charge >= 0.3 is 5.97 Å². The average molecular weight is 342 g/mol. The van der Waals surface area contributed by atoms with Gasteiger partial charge in [0.15, 0.2) is 0 Å². The van der Waals surface area contributed by atoms with Crippen molar-refractivity contribution in [1.82, 2.24) is 10.2 Å². The number of rotatable bonds is 9. The highest BCUT2D eigenvalue weighted by Gasteiger charge is 2.38. The van der Waals surface area contributed by atoms with E-state index in [1.165, 1.54) is 4.90 Å². The highest BCUT2D eigenvalue weighted by Crippen LogP contribution is 2.20. The van der Waals surface area contributed by atoms with Crippen molar-refractivity contribution in [2.45, 2.75) is 64.1 Å². The molecule has 0 saturated carbocycles. The lowest BCUT2D eigenvalue weighted by Gasteiger charge is -2.30. The average Bonchev–Trinajstić information content (AvgIpc) is 3.01. The molecule has 0 aromatic heterocycles. The van der Waals surface area contributed by atoms with Gasteiger partial charge in [0.1, 0.15) is 12.1 Å². The maximum atomic E-state index is 12.7. The van der Waals surface area contributed by atoms with Crippen LogP contribution < -0.4 is 16.8 Å². The molecule has 6 N–H and O–H groups in total. The van der Waals surface area contributed by atoms with Gasteiger partial charge in [-0.1, -0.05) is 20.3 Å². The highest BCUT2D eigenvalue weighted by atomic mass is 16.4. The van der Waals surface area contributed by atoms with Crippen molar-refractivity contribution in [3.63, 3.8) is 0 Å². The van der Waals surface area contributed by atoms with Crippen molar-refractivity contribution >= 4 is 17.8 Å². The second kappa shape index (κ2) is 9.58. The topological polar surface area (TPSA) is 139 Å². The first-order valence-electron chi connectivity index (χ1n) is 8.58. The molecular formula is C16H30N4O4. The minimum absolute atomic E-state index is 0.160. The first-order chi connectivity index (χ1) is 11.3. The zero-order chi connectivity index (χ0) is 18.3. The van der Waals surface area contributed by atoms with Crippen LogP contribution in [0.4, 0.5) is 0 Å². The predicted molar refractivity (Wildman–Crippen MR) is 90.0 cm³/mol. The molecule has 1 aliphatic heterocycles. The van der Waals surface area contributed by atoms with E-state index in [0.29, 0.717) is 32.4 Å². The quantitative estimate of drug-likeness (QED) is 0.423. The van der Waals surface area contributed by atoms with Gasteiger partial charge in [-0.2, -0.15) is 0 Å². The Balaban J connectivity index is 2.70. The molecule has 0 radical (unpaired) electrons. The molecule has 2 amide bonds. The molecule has 1 aliphatic rings. The summed E-state index contributed by atoms with van der Waals surface area (Å²) in [7, 11) is 0. The molecule has 0 aliphatic carbocycles. The van der Waals surface area contributed by atoms with Gasteiger partial charge in [0.25, 0.3) is 0 Å². The molecule has 1 fully saturated rings. The molecule has 3 atom stereocenters. The van der Waals surface area contributed by atoms with Gasteiger partial charge in [0.05, 0.1) is 6.04 Å². The molecule has 24 heavy (non-hydrogen) atoms. The number of carbonyl (C=O) groups excluding carboxylic acids is 2. The fourth-order valence-electron chi connectivity index (χ4n) is 2.88. The molecule has 138 valence electrons. The Morgan fingerprint density at radius 2 is 1.96 bits per heavy atom. The summed E-state index contributed by atoms with van der Waals surface area (Å²) in [5.74, 6) is -1.90. The Labute approximate surface area is 142 Å². The number of carboxylic acids is 1. The van der Waals surface area contributed by atoms with Crippen LogP contribution >= 0.6 is 0 Å². The normalized spacial score (nSPS) is 20.0. The van der Waals surface area contributed by atoms with Crippen LogP contribution in [0.25, 0.3) is 0 Å². The van der Waals surface area contributed by atoms with E-state index < -0.39 is 24.1 Å². The summed E-state index contributed by atoms with van der Waals surface area (Å²) in [6.45, 7) is 4.58. The Morgan fingerprint density at radius 3 is 2.50 bits per heavy atom. The Kier molecular flexibility index (Phi) is 8.14. The maximum Gasteiger partial charge on any atom is 0.326 e. The lowest BCUT2D eigenvalue weighted by atomic mass is 10.0. The third-order valence-corrected chi connectivity index (χ3v) is 4.36. The summed E-state index contributed by atoms with van der Waals surface area (Å²) in [6, 6.07) is -2.27. The second-order valence-corrected chi connectivity index (χ2v) is 6.65. The Hall–Kier alpha value is -1.67. The molecule has 8 nitrogen and oxygen atoms in total. The van der Waals surface area contributed by atoms with E-state index in [1.54, 1.807) is 0 Å². The van der Waals surface area contributed by atoms with Gasteiger partial charge in [-0.25, -0.2) is 4.79 Å². The molecule has 0 bridgehead atoms. The van der Waals surface area contributed by atoms with Crippen LogP contribution in [-0.4, -0.2) is 59.0 Å². The van der Waals surface area contributed by atoms with Crippen molar-refractivity contribution in [3.8, 4) is 0 Å². The van der Waals surface area contributed by atoms with Crippen molar-refractivity contribution in [2.75, 3.05) is 13.1 Å². The maximum absolute atomic E-state index is 12.7. The van der Waals surface area contributed by atoms with Crippen LogP contribution in [0.5, 0.6) is 0 Å². The molecule has 1 heterocycles. The van der Waals surface area contributed by atoms with Gasteiger partial charge in [-0.3, -0.25) is 9.59 Å². The van der Waals surface area contributed by atoms with Crippen molar-refractivity contribution in [1.29, 1.82) is 0 Å². The number of nitrogens with one attached hydrogen (secondary N) is 1. The van der Waals surface area contributed by atoms with Crippen molar-refractivity contribution < 1.29 is 19.5 Å². The van der Waals surface area contributed by atoms with Gasteiger partial charge in [0, 0.05) is 6.54 Å². The van der Waals surface area contributed by atoms with E-state index in [1.807, 2.05) is 13.8 Å². The van der Waals surface area contributed by atoms with E-state index in [-0.39, 0.29) is 17.7 Å². The Bertz CT molecular complexity index is 455. The molecule has 0 aromatic rings. The summed E-state index contributed by atoms with van der Waals surface area (Å²) < 4.78 is 0. The lowest BCUT2D eigenvalue weighted by Crippen LogP contribution is -2.56. The summed E-state index contributed by atoms with van der Waals surface area (Å²) in [5, 5.41) is 11.9. The number of carboxylic acid groups (broad SMARTS) is 1. The zero-order valence-corrected chi connectivity index (χ0v) is 14.5. The van der Waals surface area contributed by atoms with Gasteiger partial charge in [-0.15, -0.1) is 0 Å². The first kappa shape index (κ1) is 20.4. The summed E-state index contributed by atoms with van der Waals surface area (Å²) in [5.41, 5.74) is 11.3. The largest absolute Gasteiger partial charge is 0.480 e. The molecule has 0 unspecified atom stereocenters. The van der Waals surface area contributed by atoms with Gasteiger partial charge in [0.2, 0.25) is 11.8 Å². The fraction of sp³-hybridized carbons (Fsp3) is 0.812. The van der Waals surface area contributed by atoms with E-state index in [9.17, 15) is 19.5 Å². The van der Waals surface area contributed by atoms with Crippen LogP contribution in [0.15, 0.2) is 0 Å². The van der Waals surface area contributed by atoms with E-state index in [0.717, 1.165) is 12.8 Å². The summed E-state index contributed by atoms with van der Waals surface area (Å²) >= 11 is 0. The SMILES string of the molecule is CC(C)[C@H](NC(=O)[C@H](N)CCCCN)C(=O)N1CCC[C@H]1C(=O)O. The fourth-order valence-corrected chi connectivity index (χ4v) is 2.88. The van der Waals surface area contributed by atoms with E-state index in [2.05, 4.69) is 5.32 Å². The molecule has 1 saturated heterocycles. The molecule has 0 aromatic carbocycles. The minimum atomic E-state index is -1.01. The van der Waals surface area contributed by atoms with Gasteiger partial charge < -0.3 is 26.8 Å². The number of nitrogens with two attached hydrogens (primary N) is 2. The van der Waals surface area contributed by atoms with Crippen LogP contribution in [0.3, 0.4) is 0 Å². The number of carbonyl (C=O) groups is 3. The van der Waals surface area contributed by atoms with Crippen LogP contribution in [0.2, 0.25) is 0 Å². The molecular weight excluding hydrogens is 312 g/mol. The number of hydrogen-bond acceptors (Lipinski definition) is 5. The lowest BCUT2D eigenvalue weighted by molar-refractivity contribution is -0.150. The van der Waals surface area contributed by atoms with E-state index in [4.69, 9.17) is 11.5 Å². The number of unbranched alkanes of at least 4 members (excludes halogenated alkanes) is 1. The Morgan fingerprint density at radius 1 is 1.29 bits per heavy atom. The van der Waals surface area contributed by atoms with Crippen molar-refractivity contribution in [3.05, 3.63) is 0 Å². The molecule has 0 spiro atoms. The van der Waals surface area contributed by atoms with Crippen LogP contribution in [0.1, 0.15) is 46.0 Å². The number of likely N-dealkylation sites (tertiary alicyclic amines) is 1. The summed E-state index contributed by atoms with van der Waals surface area (Å²) in [4.78, 5) is 37.6. The number of amides is 2. The van der Waals surface area contributed by atoms with Crippen LogP contribution in [0, 0.1) is 5.92 Å². The van der Waals surface area contributed by atoms with Gasteiger partial charge in [-0.05, 0) is 38.1 Å². The third-order valence-electron chi connectivity index (χ3n) is 4.36. The van der Waals surface area contributed by atoms with Crippen molar-refractivity contribution in [2.24, 2.45) is 17.4 Å². The van der Waals surface area contributed by atoms with E-state index >= 15 is 0 Å².